The highest BCUT2D eigenvalue weighted by Gasteiger charge is 2.16. The first-order valence-electron chi connectivity index (χ1n) is 7.27. The summed E-state index contributed by atoms with van der Waals surface area (Å²) in [5.74, 6) is 0.166. The number of anilines is 1. The van der Waals surface area contributed by atoms with Crippen molar-refractivity contribution >= 4 is 46.4 Å². The SMILES string of the molecule is CCCCN(C)c1ncc(Cl)c(C(=O)NCc2ccc(Cl)s2)n1. The fraction of sp³-hybridized carbons (Fsp3) is 0.400. The standard InChI is InChI=1S/C15H18Cl2N4OS/c1-3-4-7-21(2)15-19-9-11(16)13(20-15)14(22)18-8-10-5-6-12(17)23-10/h5-6,9H,3-4,7-8H2,1-2H3,(H,18,22). The molecule has 1 amide bonds. The second kappa shape index (κ2) is 8.47. The average molecular weight is 373 g/mol. The molecule has 0 aliphatic carbocycles. The monoisotopic (exact) mass is 372 g/mol. The summed E-state index contributed by atoms with van der Waals surface area (Å²) in [6, 6.07) is 3.67. The van der Waals surface area contributed by atoms with Crippen molar-refractivity contribution in [1.82, 2.24) is 15.3 Å². The lowest BCUT2D eigenvalue weighted by Crippen LogP contribution is -2.26. The maximum atomic E-state index is 12.3. The fourth-order valence-electron chi connectivity index (χ4n) is 1.89. The van der Waals surface area contributed by atoms with Crippen molar-refractivity contribution in [3.8, 4) is 0 Å². The van der Waals surface area contributed by atoms with Gasteiger partial charge in [0.05, 0.1) is 22.1 Å². The van der Waals surface area contributed by atoms with Gasteiger partial charge in [-0.05, 0) is 18.6 Å². The lowest BCUT2D eigenvalue weighted by atomic mass is 10.3. The molecule has 23 heavy (non-hydrogen) atoms. The van der Waals surface area contributed by atoms with Gasteiger partial charge in [0, 0.05) is 18.5 Å². The van der Waals surface area contributed by atoms with Gasteiger partial charge in [0.15, 0.2) is 5.69 Å². The van der Waals surface area contributed by atoms with Crippen molar-refractivity contribution in [2.75, 3.05) is 18.5 Å². The first kappa shape index (κ1) is 18.0. The summed E-state index contributed by atoms with van der Waals surface area (Å²) in [6.07, 6.45) is 3.57. The summed E-state index contributed by atoms with van der Waals surface area (Å²) in [6.45, 7) is 3.33. The highest BCUT2D eigenvalue weighted by molar-refractivity contribution is 7.16. The number of hydrogen-bond acceptors (Lipinski definition) is 5. The molecule has 0 bridgehead atoms. The molecule has 1 N–H and O–H groups in total. The quantitative estimate of drug-likeness (QED) is 0.797. The summed E-state index contributed by atoms with van der Waals surface area (Å²) >= 11 is 13.4. The number of amides is 1. The molecule has 0 aliphatic rings. The lowest BCUT2D eigenvalue weighted by Gasteiger charge is -2.17. The second-order valence-corrected chi connectivity index (χ2v) is 7.24. The van der Waals surface area contributed by atoms with Gasteiger partial charge in [0.1, 0.15) is 0 Å². The Morgan fingerprint density at radius 3 is 2.83 bits per heavy atom. The molecule has 2 heterocycles. The van der Waals surface area contributed by atoms with Crippen LogP contribution in [0, 0.1) is 0 Å². The predicted octanol–water partition coefficient (Wildman–Crippen LogP) is 4.01. The Labute approximate surface area is 149 Å². The molecular weight excluding hydrogens is 355 g/mol. The van der Waals surface area contributed by atoms with E-state index < -0.39 is 0 Å². The maximum absolute atomic E-state index is 12.3. The molecule has 0 spiro atoms. The summed E-state index contributed by atoms with van der Waals surface area (Å²) in [5, 5.41) is 3.03. The Bertz CT molecular complexity index is 677. The third kappa shape index (κ3) is 5.06. The number of hydrogen-bond donors (Lipinski definition) is 1. The Balaban J connectivity index is 2.06. The van der Waals surface area contributed by atoms with Crippen LogP contribution in [-0.4, -0.2) is 29.5 Å². The molecule has 2 rings (SSSR count). The molecule has 2 aromatic rings. The summed E-state index contributed by atoms with van der Waals surface area (Å²) in [5.41, 5.74) is 0.183. The molecule has 0 saturated carbocycles. The van der Waals surface area contributed by atoms with Crippen molar-refractivity contribution in [2.24, 2.45) is 0 Å². The largest absolute Gasteiger partial charge is 0.346 e. The molecule has 0 atom stereocenters. The van der Waals surface area contributed by atoms with E-state index in [9.17, 15) is 4.79 Å². The highest BCUT2D eigenvalue weighted by atomic mass is 35.5. The summed E-state index contributed by atoms with van der Waals surface area (Å²) < 4.78 is 0.689. The van der Waals surface area contributed by atoms with Gasteiger partial charge in [-0.1, -0.05) is 36.5 Å². The normalized spacial score (nSPS) is 10.6. The molecule has 124 valence electrons. The number of nitrogens with one attached hydrogen (secondary N) is 1. The van der Waals surface area contributed by atoms with E-state index in [0.29, 0.717) is 16.8 Å². The van der Waals surface area contributed by atoms with Crippen LogP contribution in [0.5, 0.6) is 0 Å². The number of thiophene rings is 1. The third-order valence-electron chi connectivity index (χ3n) is 3.19. The van der Waals surface area contributed by atoms with Crippen LogP contribution >= 0.6 is 34.5 Å². The van der Waals surface area contributed by atoms with E-state index in [2.05, 4.69) is 22.2 Å². The zero-order valence-corrected chi connectivity index (χ0v) is 15.3. The Kier molecular flexibility index (Phi) is 6.62. The van der Waals surface area contributed by atoms with E-state index in [1.807, 2.05) is 18.0 Å². The number of unbranched alkanes of at least 4 members (excludes halogenated alkanes) is 1. The van der Waals surface area contributed by atoms with Crippen molar-refractivity contribution in [3.63, 3.8) is 0 Å². The predicted molar refractivity (Wildman–Crippen MR) is 95.7 cm³/mol. The molecule has 0 radical (unpaired) electrons. The van der Waals surface area contributed by atoms with Crippen LogP contribution in [0.2, 0.25) is 9.36 Å². The van der Waals surface area contributed by atoms with Crippen LogP contribution < -0.4 is 10.2 Å². The molecule has 0 saturated heterocycles. The van der Waals surface area contributed by atoms with Gasteiger partial charge in [0.2, 0.25) is 5.95 Å². The Hall–Kier alpha value is -1.37. The topological polar surface area (TPSA) is 58.1 Å². The maximum Gasteiger partial charge on any atom is 0.271 e. The zero-order valence-electron chi connectivity index (χ0n) is 13.0. The van der Waals surface area contributed by atoms with Gasteiger partial charge in [0.25, 0.3) is 5.91 Å². The van der Waals surface area contributed by atoms with E-state index in [0.717, 1.165) is 24.3 Å². The van der Waals surface area contributed by atoms with E-state index >= 15 is 0 Å². The number of rotatable bonds is 7. The number of carbonyl (C=O) groups excluding carboxylic acids is 1. The van der Waals surface area contributed by atoms with Crippen LogP contribution in [-0.2, 0) is 6.54 Å². The van der Waals surface area contributed by atoms with Crippen molar-refractivity contribution in [2.45, 2.75) is 26.3 Å². The van der Waals surface area contributed by atoms with E-state index in [4.69, 9.17) is 23.2 Å². The van der Waals surface area contributed by atoms with Crippen molar-refractivity contribution < 1.29 is 4.79 Å². The van der Waals surface area contributed by atoms with Gasteiger partial charge >= 0.3 is 0 Å². The van der Waals surface area contributed by atoms with Gasteiger partial charge in [-0.25, -0.2) is 9.97 Å². The summed E-state index contributed by atoms with van der Waals surface area (Å²) in [4.78, 5) is 23.7. The number of nitrogens with zero attached hydrogens (tertiary/aromatic N) is 3. The molecule has 0 fully saturated rings. The summed E-state index contributed by atoms with van der Waals surface area (Å²) in [7, 11) is 1.90. The lowest BCUT2D eigenvalue weighted by molar-refractivity contribution is 0.0946. The zero-order chi connectivity index (χ0) is 16.8. The van der Waals surface area contributed by atoms with E-state index in [-0.39, 0.29) is 16.6 Å². The van der Waals surface area contributed by atoms with Crippen LogP contribution in [0.3, 0.4) is 0 Å². The van der Waals surface area contributed by atoms with Crippen molar-refractivity contribution in [3.05, 3.63) is 38.3 Å². The van der Waals surface area contributed by atoms with E-state index in [1.165, 1.54) is 17.5 Å². The fourth-order valence-corrected chi connectivity index (χ4v) is 3.10. The van der Waals surface area contributed by atoms with Crippen molar-refractivity contribution in [1.29, 1.82) is 0 Å². The smallest absolute Gasteiger partial charge is 0.271 e. The Morgan fingerprint density at radius 1 is 1.39 bits per heavy atom. The molecule has 0 aliphatic heterocycles. The number of aromatic nitrogens is 2. The van der Waals surface area contributed by atoms with Gasteiger partial charge in [-0.15, -0.1) is 11.3 Å². The molecule has 0 aromatic carbocycles. The molecule has 2 aromatic heterocycles. The van der Waals surface area contributed by atoms with Crippen LogP contribution in [0.15, 0.2) is 18.3 Å². The first-order chi connectivity index (χ1) is 11.0. The highest BCUT2D eigenvalue weighted by Crippen LogP contribution is 2.21. The van der Waals surface area contributed by atoms with Crippen LogP contribution in [0.4, 0.5) is 5.95 Å². The number of carbonyl (C=O) groups is 1. The minimum atomic E-state index is -0.327. The molecule has 8 heteroatoms. The molecular formula is C15H18Cl2N4OS. The van der Waals surface area contributed by atoms with Crippen LogP contribution in [0.1, 0.15) is 35.1 Å². The van der Waals surface area contributed by atoms with Gasteiger partial charge in [-0.3, -0.25) is 4.79 Å². The van der Waals surface area contributed by atoms with Crippen LogP contribution in [0.25, 0.3) is 0 Å². The minimum Gasteiger partial charge on any atom is -0.346 e. The number of halogens is 2. The van der Waals surface area contributed by atoms with E-state index in [1.54, 1.807) is 6.07 Å². The minimum absolute atomic E-state index is 0.183. The van der Waals surface area contributed by atoms with Gasteiger partial charge in [-0.2, -0.15) is 0 Å². The first-order valence-corrected chi connectivity index (χ1v) is 8.84. The van der Waals surface area contributed by atoms with Gasteiger partial charge < -0.3 is 10.2 Å². The average Bonchev–Trinajstić information content (AvgIpc) is 2.96. The third-order valence-corrected chi connectivity index (χ3v) is 4.69. The molecule has 5 nitrogen and oxygen atoms in total. The molecule has 0 unspecified atom stereocenters. The second-order valence-electron chi connectivity index (χ2n) is 5.03. The Morgan fingerprint density at radius 2 is 2.17 bits per heavy atom.